The van der Waals surface area contributed by atoms with Crippen molar-refractivity contribution in [2.45, 2.75) is 13.8 Å². The summed E-state index contributed by atoms with van der Waals surface area (Å²) in [6.07, 6.45) is 0. The highest BCUT2D eigenvalue weighted by Crippen LogP contribution is 2.30. The number of nitrogens with one attached hydrogen (secondary N) is 1. The van der Waals surface area contributed by atoms with Gasteiger partial charge in [-0.3, -0.25) is 4.79 Å². The summed E-state index contributed by atoms with van der Waals surface area (Å²) in [6, 6.07) is 14.3. The van der Waals surface area contributed by atoms with Crippen molar-refractivity contribution in [3.8, 4) is 5.69 Å². The minimum absolute atomic E-state index is 0.273. The molecule has 24 heavy (non-hydrogen) atoms. The van der Waals surface area contributed by atoms with E-state index in [1.165, 1.54) is 0 Å². The van der Waals surface area contributed by atoms with Gasteiger partial charge < -0.3 is 5.32 Å². The summed E-state index contributed by atoms with van der Waals surface area (Å²) in [7, 11) is 0. The Bertz CT molecular complexity index is 881. The number of aryl methyl sites for hydroxylation is 2. The third-order valence-corrected chi connectivity index (χ3v) is 4.21. The number of aromatic nitrogens is 2. The highest BCUT2D eigenvalue weighted by molar-refractivity contribution is 6.40. The number of rotatable bonds is 3. The second kappa shape index (κ2) is 6.67. The molecule has 0 fully saturated rings. The van der Waals surface area contributed by atoms with Crippen LogP contribution in [-0.2, 0) is 0 Å². The molecule has 0 aliphatic heterocycles. The third-order valence-electron chi connectivity index (χ3n) is 3.58. The Kier molecular flexibility index (Phi) is 4.60. The molecule has 122 valence electrons. The fourth-order valence-corrected chi connectivity index (χ4v) is 2.94. The van der Waals surface area contributed by atoms with E-state index in [0.717, 1.165) is 17.1 Å². The molecule has 2 aromatic carbocycles. The van der Waals surface area contributed by atoms with E-state index in [0.29, 0.717) is 21.3 Å². The van der Waals surface area contributed by atoms with E-state index in [-0.39, 0.29) is 5.91 Å². The Morgan fingerprint density at radius 3 is 2.21 bits per heavy atom. The van der Waals surface area contributed by atoms with Crippen LogP contribution in [-0.4, -0.2) is 15.7 Å². The van der Waals surface area contributed by atoms with Gasteiger partial charge in [-0.15, -0.1) is 0 Å². The highest BCUT2D eigenvalue weighted by Gasteiger charge is 2.12. The van der Waals surface area contributed by atoms with Crippen LogP contribution in [0.5, 0.6) is 0 Å². The average Bonchev–Trinajstić information content (AvgIpc) is 2.89. The first-order valence-corrected chi connectivity index (χ1v) is 8.10. The van der Waals surface area contributed by atoms with E-state index in [9.17, 15) is 4.79 Å². The molecule has 0 radical (unpaired) electrons. The molecular weight excluding hydrogens is 345 g/mol. The number of para-hydroxylation sites is 1. The Morgan fingerprint density at radius 1 is 1.04 bits per heavy atom. The van der Waals surface area contributed by atoms with E-state index >= 15 is 0 Å². The lowest BCUT2D eigenvalue weighted by Crippen LogP contribution is -2.12. The number of hydrogen-bond donors (Lipinski definition) is 1. The van der Waals surface area contributed by atoms with Crippen LogP contribution in [0.25, 0.3) is 5.69 Å². The van der Waals surface area contributed by atoms with Crippen LogP contribution >= 0.6 is 23.2 Å². The normalized spacial score (nSPS) is 10.7. The van der Waals surface area contributed by atoms with Crippen molar-refractivity contribution in [1.29, 1.82) is 0 Å². The number of anilines is 1. The van der Waals surface area contributed by atoms with E-state index in [1.807, 2.05) is 36.7 Å². The quantitative estimate of drug-likeness (QED) is 0.711. The molecule has 0 aliphatic rings. The maximum Gasteiger partial charge on any atom is 0.255 e. The van der Waals surface area contributed by atoms with Crippen LogP contribution in [0.1, 0.15) is 21.7 Å². The van der Waals surface area contributed by atoms with E-state index < -0.39 is 0 Å². The summed E-state index contributed by atoms with van der Waals surface area (Å²) in [5.74, 6) is -0.273. The summed E-state index contributed by atoms with van der Waals surface area (Å²) in [4.78, 5) is 12.4. The summed E-state index contributed by atoms with van der Waals surface area (Å²) in [6.45, 7) is 3.93. The first-order valence-electron chi connectivity index (χ1n) is 7.35. The smallest absolute Gasteiger partial charge is 0.255 e. The van der Waals surface area contributed by atoms with Crippen LogP contribution in [0.15, 0.2) is 48.5 Å². The Hall–Kier alpha value is -2.30. The predicted molar refractivity (Wildman–Crippen MR) is 97.5 cm³/mol. The number of hydrogen-bond acceptors (Lipinski definition) is 2. The van der Waals surface area contributed by atoms with Crippen molar-refractivity contribution < 1.29 is 4.79 Å². The Labute approximate surface area is 150 Å². The first-order chi connectivity index (χ1) is 11.5. The zero-order chi connectivity index (χ0) is 17.3. The van der Waals surface area contributed by atoms with Crippen LogP contribution in [0.3, 0.4) is 0 Å². The SMILES string of the molecule is Cc1cc(C)n(-c2ccc(C(=O)Nc3c(Cl)cccc3Cl)cc2)n1. The van der Waals surface area contributed by atoms with Crippen LogP contribution in [0.4, 0.5) is 5.69 Å². The van der Waals surface area contributed by atoms with Gasteiger partial charge in [-0.2, -0.15) is 5.10 Å². The number of carbonyl (C=O) groups excluding carboxylic acids is 1. The molecule has 0 saturated heterocycles. The summed E-state index contributed by atoms with van der Waals surface area (Å²) in [5.41, 5.74) is 3.80. The summed E-state index contributed by atoms with van der Waals surface area (Å²) >= 11 is 12.2. The lowest BCUT2D eigenvalue weighted by molar-refractivity contribution is 0.102. The minimum Gasteiger partial charge on any atom is -0.319 e. The van der Waals surface area contributed by atoms with Crippen molar-refractivity contribution in [2.24, 2.45) is 0 Å². The molecule has 0 aliphatic carbocycles. The number of nitrogens with zero attached hydrogens (tertiary/aromatic N) is 2. The summed E-state index contributed by atoms with van der Waals surface area (Å²) in [5, 5.41) is 7.97. The van der Waals surface area contributed by atoms with Gasteiger partial charge in [-0.25, -0.2) is 4.68 Å². The molecule has 1 heterocycles. The van der Waals surface area contributed by atoms with Gasteiger partial charge in [0.15, 0.2) is 0 Å². The molecule has 0 atom stereocenters. The Balaban J connectivity index is 1.83. The molecule has 0 saturated carbocycles. The molecule has 4 nitrogen and oxygen atoms in total. The van der Waals surface area contributed by atoms with Crippen molar-refractivity contribution in [2.75, 3.05) is 5.32 Å². The van der Waals surface area contributed by atoms with Crippen LogP contribution in [0, 0.1) is 13.8 Å². The fraction of sp³-hybridized carbons (Fsp3) is 0.111. The van der Waals surface area contributed by atoms with Gasteiger partial charge in [0.2, 0.25) is 0 Å². The lowest BCUT2D eigenvalue weighted by Gasteiger charge is -2.10. The molecule has 3 aromatic rings. The summed E-state index contributed by atoms with van der Waals surface area (Å²) < 4.78 is 1.84. The maximum atomic E-state index is 12.4. The topological polar surface area (TPSA) is 46.9 Å². The standard InChI is InChI=1S/C18H15Cl2N3O/c1-11-10-12(2)23(22-11)14-8-6-13(7-9-14)18(24)21-17-15(19)4-3-5-16(17)20/h3-10H,1-2H3,(H,21,24). The van der Waals surface area contributed by atoms with E-state index in [4.69, 9.17) is 23.2 Å². The van der Waals surface area contributed by atoms with E-state index in [1.54, 1.807) is 30.3 Å². The van der Waals surface area contributed by atoms with Crippen molar-refractivity contribution >= 4 is 34.8 Å². The van der Waals surface area contributed by atoms with Crippen molar-refractivity contribution in [3.63, 3.8) is 0 Å². The second-order valence-electron chi connectivity index (χ2n) is 5.44. The third kappa shape index (κ3) is 3.30. The molecule has 1 N–H and O–H groups in total. The number of halogens is 2. The molecule has 3 rings (SSSR count). The van der Waals surface area contributed by atoms with Gasteiger partial charge >= 0.3 is 0 Å². The van der Waals surface area contributed by atoms with Gasteiger partial charge in [-0.1, -0.05) is 29.3 Å². The van der Waals surface area contributed by atoms with Crippen LogP contribution in [0.2, 0.25) is 10.0 Å². The lowest BCUT2D eigenvalue weighted by atomic mass is 10.2. The largest absolute Gasteiger partial charge is 0.319 e. The zero-order valence-corrected chi connectivity index (χ0v) is 14.7. The minimum atomic E-state index is -0.273. The zero-order valence-electron chi connectivity index (χ0n) is 13.2. The fourth-order valence-electron chi connectivity index (χ4n) is 2.45. The molecule has 1 amide bonds. The molecule has 0 spiro atoms. The number of amides is 1. The monoisotopic (exact) mass is 359 g/mol. The Morgan fingerprint density at radius 2 is 1.67 bits per heavy atom. The van der Waals surface area contributed by atoms with E-state index in [2.05, 4.69) is 10.4 Å². The molecule has 0 bridgehead atoms. The van der Waals surface area contributed by atoms with Crippen LogP contribution < -0.4 is 5.32 Å². The second-order valence-corrected chi connectivity index (χ2v) is 6.25. The molecule has 0 unspecified atom stereocenters. The van der Waals surface area contributed by atoms with Gasteiger partial charge in [-0.05, 0) is 56.3 Å². The predicted octanol–water partition coefficient (Wildman–Crippen LogP) is 5.05. The van der Waals surface area contributed by atoms with Gasteiger partial charge in [0.25, 0.3) is 5.91 Å². The first kappa shape index (κ1) is 16.6. The number of benzene rings is 2. The van der Waals surface area contributed by atoms with Crippen molar-refractivity contribution in [3.05, 3.63) is 75.5 Å². The highest BCUT2D eigenvalue weighted by atomic mass is 35.5. The molecule has 1 aromatic heterocycles. The van der Waals surface area contributed by atoms with Crippen molar-refractivity contribution in [1.82, 2.24) is 9.78 Å². The maximum absolute atomic E-state index is 12.4. The van der Waals surface area contributed by atoms with Gasteiger partial charge in [0.05, 0.1) is 27.1 Å². The van der Waals surface area contributed by atoms with Gasteiger partial charge in [0.1, 0.15) is 0 Å². The molecular formula is C18H15Cl2N3O. The average molecular weight is 360 g/mol. The molecule has 6 heteroatoms. The number of carbonyl (C=O) groups is 1. The van der Waals surface area contributed by atoms with Gasteiger partial charge in [0, 0.05) is 11.3 Å².